The Bertz CT molecular complexity index is 1110. The van der Waals surface area contributed by atoms with Gasteiger partial charge >= 0.3 is 6.09 Å². The monoisotopic (exact) mass is 493 g/mol. The van der Waals surface area contributed by atoms with Crippen molar-refractivity contribution in [3.8, 4) is 18.1 Å². The highest BCUT2D eigenvalue weighted by Crippen LogP contribution is 2.29. The van der Waals surface area contributed by atoms with Crippen LogP contribution in [0.2, 0.25) is 0 Å². The zero-order valence-electron chi connectivity index (χ0n) is 21.9. The van der Waals surface area contributed by atoms with Crippen LogP contribution in [0, 0.1) is 12.3 Å². The molecule has 0 aliphatic carbocycles. The number of hydrogen-bond donors (Lipinski definition) is 2. The van der Waals surface area contributed by atoms with Gasteiger partial charge in [-0.1, -0.05) is 24.1 Å². The van der Waals surface area contributed by atoms with Gasteiger partial charge in [0.1, 0.15) is 23.4 Å². The lowest BCUT2D eigenvalue weighted by Crippen LogP contribution is -2.53. The van der Waals surface area contributed by atoms with E-state index in [0.29, 0.717) is 22.6 Å². The molecule has 2 N–H and O–H groups in total. The first kappa shape index (κ1) is 28.2. The van der Waals surface area contributed by atoms with E-state index in [1.807, 2.05) is 0 Å². The molecular weight excluding hydrogens is 458 g/mol. The summed E-state index contributed by atoms with van der Waals surface area (Å²) >= 11 is 0. The third-order valence-corrected chi connectivity index (χ3v) is 5.21. The number of rotatable bonds is 8. The zero-order valence-corrected chi connectivity index (χ0v) is 21.9. The second kappa shape index (κ2) is 12.1. The number of benzene rings is 2. The highest BCUT2D eigenvalue weighted by molar-refractivity contribution is 5.99. The van der Waals surface area contributed by atoms with Gasteiger partial charge < -0.3 is 25.0 Å². The van der Waals surface area contributed by atoms with Gasteiger partial charge in [-0.2, -0.15) is 0 Å². The molecule has 0 heterocycles. The van der Waals surface area contributed by atoms with Crippen LogP contribution in [-0.2, 0) is 14.3 Å². The van der Waals surface area contributed by atoms with Crippen molar-refractivity contribution in [1.29, 1.82) is 0 Å². The first-order valence-corrected chi connectivity index (χ1v) is 11.7. The van der Waals surface area contributed by atoms with Crippen LogP contribution in [0.15, 0.2) is 48.5 Å². The number of terminal acetylenes is 1. The van der Waals surface area contributed by atoms with Gasteiger partial charge in [-0.15, -0.1) is 6.42 Å². The molecule has 0 bridgehead atoms. The molecule has 0 spiro atoms. The van der Waals surface area contributed by atoms with Crippen molar-refractivity contribution in [2.75, 3.05) is 12.4 Å². The number of hydrogen-bond acceptors (Lipinski definition) is 5. The van der Waals surface area contributed by atoms with Crippen molar-refractivity contribution in [3.05, 3.63) is 59.7 Å². The number of methoxy groups -OCH3 is 1. The van der Waals surface area contributed by atoms with Crippen LogP contribution in [0.1, 0.15) is 58.7 Å². The molecule has 0 aliphatic heterocycles. The number of carbonyl (C=O) groups is 3. The van der Waals surface area contributed by atoms with Crippen molar-refractivity contribution in [2.24, 2.45) is 0 Å². The van der Waals surface area contributed by atoms with Gasteiger partial charge in [0.2, 0.25) is 5.91 Å². The van der Waals surface area contributed by atoms with Crippen molar-refractivity contribution < 1.29 is 23.9 Å². The normalized spacial score (nSPS) is 12.6. The van der Waals surface area contributed by atoms with Crippen molar-refractivity contribution >= 4 is 23.6 Å². The van der Waals surface area contributed by atoms with Crippen molar-refractivity contribution in [2.45, 2.75) is 65.3 Å². The quantitative estimate of drug-likeness (QED) is 0.528. The molecule has 2 atom stereocenters. The maximum absolute atomic E-state index is 13.7. The molecule has 0 radical (unpaired) electrons. The molecule has 0 saturated heterocycles. The maximum atomic E-state index is 13.7. The third kappa shape index (κ3) is 7.51. The lowest BCUT2D eigenvalue weighted by molar-refractivity contribution is -0.142. The molecule has 192 valence electrons. The molecule has 8 nitrogen and oxygen atoms in total. The molecule has 36 heavy (non-hydrogen) atoms. The zero-order chi connectivity index (χ0) is 27.0. The number of amides is 3. The summed E-state index contributed by atoms with van der Waals surface area (Å²) in [5.41, 5.74) is 0.785. The molecular formula is C28H35N3O5. The fraction of sp³-hybridized carbons (Fsp3) is 0.393. The Labute approximate surface area is 213 Å². The highest BCUT2D eigenvalue weighted by atomic mass is 16.6. The van der Waals surface area contributed by atoms with Crippen LogP contribution in [0.3, 0.4) is 0 Å². The van der Waals surface area contributed by atoms with Crippen molar-refractivity contribution in [3.63, 3.8) is 0 Å². The molecule has 0 fully saturated rings. The lowest BCUT2D eigenvalue weighted by atomic mass is 9.96. The van der Waals surface area contributed by atoms with Gasteiger partial charge in [-0.25, -0.2) is 4.79 Å². The summed E-state index contributed by atoms with van der Waals surface area (Å²) < 4.78 is 10.5. The Kier molecular flexibility index (Phi) is 9.51. The van der Waals surface area contributed by atoms with E-state index in [0.717, 1.165) is 0 Å². The smallest absolute Gasteiger partial charge is 0.408 e. The van der Waals surface area contributed by atoms with Gasteiger partial charge in [-0.05, 0) is 77.4 Å². The first-order chi connectivity index (χ1) is 16.9. The summed E-state index contributed by atoms with van der Waals surface area (Å²) in [5, 5.41) is 5.44. The maximum Gasteiger partial charge on any atom is 0.408 e. The SMILES string of the molecule is C#Cc1ccccc1C(C(=O)Nc1ccc(OC)cc1)N(C(=O)C(C)NC(=O)OC(C)(C)C)C(C)C. The molecule has 0 saturated carbocycles. The predicted molar refractivity (Wildman–Crippen MR) is 140 cm³/mol. The second-order valence-electron chi connectivity index (χ2n) is 9.56. The minimum atomic E-state index is -1.06. The van der Waals surface area contributed by atoms with E-state index in [1.165, 1.54) is 4.90 Å². The average Bonchev–Trinajstić information content (AvgIpc) is 2.80. The van der Waals surface area contributed by atoms with E-state index < -0.39 is 41.6 Å². The summed E-state index contributed by atoms with van der Waals surface area (Å²) in [6.45, 7) is 10.3. The fourth-order valence-corrected chi connectivity index (χ4v) is 3.62. The van der Waals surface area contributed by atoms with Crippen LogP contribution >= 0.6 is 0 Å². The number of carbonyl (C=O) groups excluding carboxylic acids is 3. The number of ether oxygens (including phenoxy) is 2. The molecule has 8 heteroatoms. The van der Waals surface area contributed by atoms with Crippen LogP contribution in [0.5, 0.6) is 5.75 Å². The van der Waals surface area contributed by atoms with Crippen LogP contribution in [0.4, 0.5) is 10.5 Å². The Morgan fingerprint density at radius 2 is 1.61 bits per heavy atom. The van der Waals surface area contributed by atoms with Gasteiger partial charge in [0.05, 0.1) is 7.11 Å². The Morgan fingerprint density at radius 3 is 2.14 bits per heavy atom. The van der Waals surface area contributed by atoms with Crippen LogP contribution in [-0.4, -0.2) is 47.6 Å². The Morgan fingerprint density at radius 1 is 1.00 bits per heavy atom. The molecule has 2 aromatic rings. The minimum Gasteiger partial charge on any atom is -0.497 e. The third-order valence-electron chi connectivity index (χ3n) is 5.21. The van der Waals surface area contributed by atoms with E-state index in [4.69, 9.17) is 15.9 Å². The van der Waals surface area contributed by atoms with Crippen LogP contribution < -0.4 is 15.4 Å². The van der Waals surface area contributed by atoms with E-state index in [-0.39, 0.29) is 0 Å². The first-order valence-electron chi connectivity index (χ1n) is 11.7. The fourth-order valence-electron chi connectivity index (χ4n) is 3.62. The summed E-state index contributed by atoms with van der Waals surface area (Å²) in [5.74, 6) is 2.34. The number of nitrogens with zero attached hydrogens (tertiary/aromatic N) is 1. The number of nitrogens with one attached hydrogen (secondary N) is 2. The molecule has 0 aliphatic rings. The summed E-state index contributed by atoms with van der Waals surface area (Å²) in [4.78, 5) is 41.1. The van der Waals surface area contributed by atoms with Gasteiger partial charge in [0.15, 0.2) is 0 Å². The Hall–Kier alpha value is -3.99. The van der Waals surface area contributed by atoms with Gasteiger partial charge in [0.25, 0.3) is 5.91 Å². The van der Waals surface area contributed by atoms with Gasteiger partial charge in [0, 0.05) is 17.3 Å². The molecule has 3 amide bonds. The van der Waals surface area contributed by atoms with E-state index >= 15 is 0 Å². The highest BCUT2D eigenvalue weighted by Gasteiger charge is 2.37. The standard InChI is InChI=1S/C28H35N3O5/c1-9-20-12-10-11-13-23(20)24(25(32)30-21-14-16-22(35-8)17-15-21)31(18(2)3)26(33)19(4)29-27(34)36-28(5,6)7/h1,10-19,24H,2-8H3,(H,29,34)(H,30,32). The largest absolute Gasteiger partial charge is 0.497 e. The van der Waals surface area contributed by atoms with E-state index in [9.17, 15) is 14.4 Å². The number of alkyl carbamates (subject to hydrolysis) is 1. The van der Waals surface area contributed by atoms with Gasteiger partial charge in [-0.3, -0.25) is 9.59 Å². The second-order valence-corrected chi connectivity index (χ2v) is 9.56. The molecule has 2 rings (SSSR count). The Balaban J connectivity index is 2.46. The average molecular weight is 494 g/mol. The minimum absolute atomic E-state index is 0.405. The topological polar surface area (TPSA) is 97.0 Å². The van der Waals surface area contributed by atoms with E-state index in [1.54, 1.807) is 97.2 Å². The lowest BCUT2D eigenvalue weighted by Gasteiger charge is -2.36. The summed E-state index contributed by atoms with van der Waals surface area (Å²) in [6.07, 6.45) is 5.01. The summed E-state index contributed by atoms with van der Waals surface area (Å²) in [6, 6.07) is 11.4. The van der Waals surface area contributed by atoms with Crippen LogP contribution in [0.25, 0.3) is 0 Å². The predicted octanol–water partition coefficient (Wildman–Crippen LogP) is 4.51. The summed E-state index contributed by atoms with van der Waals surface area (Å²) in [7, 11) is 1.55. The molecule has 0 aromatic heterocycles. The molecule has 2 unspecified atom stereocenters. The van der Waals surface area contributed by atoms with E-state index in [2.05, 4.69) is 16.6 Å². The number of anilines is 1. The molecule has 2 aromatic carbocycles. The van der Waals surface area contributed by atoms with Crippen molar-refractivity contribution in [1.82, 2.24) is 10.2 Å².